The predicted octanol–water partition coefficient (Wildman–Crippen LogP) is 3.85. The second kappa shape index (κ2) is 9.47. The van der Waals surface area contributed by atoms with E-state index in [9.17, 15) is 22.0 Å². The van der Waals surface area contributed by atoms with Crippen LogP contribution in [0.25, 0.3) is 11.3 Å². The van der Waals surface area contributed by atoms with Crippen molar-refractivity contribution in [3.05, 3.63) is 59.5 Å². The van der Waals surface area contributed by atoms with E-state index in [0.717, 1.165) is 11.3 Å². The molecule has 164 valence electrons. The van der Waals surface area contributed by atoms with Crippen LogP contribution in [0.4, 0.5) is 13.9 Å². The van der Waals surface area contributed by atoms with E-state index in [1.807, 2.05) is 0 Å². The second-order valence-electron chi connectivity index (χ2n) is 5.99. The summed E-state index contributed by atoms with van der Waals surface area (Å²) in [5.74, 6) is -0.629. The van der Waals surface area contributed by atoms with Gasteiger partial charge in [-0.25, -0.2) is 13.4 Å². The zero-order chi connectivity index (χ0) is 22.6. The van der Waals surface area contributed by atoms with Crippen molar-refractivity contribution in [2.45, 2.75) is 11.5 Å². The number of aromatic nitrogens is 1. The number of hydrogen-bond donors (Lipinski definition) is 1. The van der Waals surface area contributed by atoms with Gasteiger partial charge in [0.25, 0.3) is 15.9 Å². The van der Waals surface area contributed by atoms with E-state index in [2.05, 4.69) is 15.0 Å². The fourth-order valence-electron chi connectivity index (χ4n) is 2.55. The first kappa shape index (κ1) is 22.7. The second-order valence-corrected chi connectivity index (χ2v) is 8.79. The van der Waals surface area contributed by atoms with Crippen LogP contribution in [0.15, 0.2) is 58.8 Å². The van der Waals surface area contributed by atoms with Crippen LogP contribution in [-0.2, 0) is 14.9 Å². The quantitative estimate of drug-likeness (QED) is 0.504. The lowest BCUT2D eigenvalue weighted by atomic mass is 10.1. The van der Waals surface area contributed by atoms with Gasteiger partial charge in [-0.3, -0.25) is 14.9 Å². The number of alkyl halides is 2. The van der Waals surface area contributed by atoms with Crippen LogP contribution in [0, 0.1) is 0 Å². The Bertz CT molecular complexity index is 1180. The molecule has 0 aliphatic carbocycles. The van der Waals surface area contributed by atoms with Crippen LogP contribution < -0.4 is 10.1 Å². The summed E-state index contributed by atoms with van der Waals surface area (Å²) in [6.07, 6.45) is 0. The van der Waals surface area contributed by atoms with Crippen molar-refractivity contribution < 1.29 is 31.6 Å². The van der Waals surface area contributed by atoms with Crippen molar-refractivity contribution in [1.29, 1.82) is 0 Å². The molecule has 0 spiro atoms. The van der Waals surface area contributed by atoms with Gasteiger partial charge in [0, 0.05) is 23.6 Å². The third kappa shape index (κ3) is 5.22. The highest BCUT2D eigenvalue weighted by atomic mass is 32.2. The minimum atomic E-state index is -3.92. The molecule has 8 nitrogen and oxygen atoms in total. The molecule has 0 saturated carbocycles. The lowest BCUT2D eigenvalue weighted by molar-refractivity contribution is -0.0494. The summed E-state index contributed by atoms with van der Waals surface area (Å²) in [4.78, 5) is 21.4. The first-order valence-electron chi connectivity index (χ1n) is 8.66. The number of sulfonamides is 1. The van der Waals surface area contributed by atoms with Crippen LogP contribution in [-0.4, -0.2) is 44.5 Å². The van der Waals surface area contributed by atoms with E-state index < -0.39 is 22.5 Å². The van der Waals surface area contributed by atoms with E-state index >= 15 is 0 Å². The largest absolute Gasteiger partial charge is 0.434 e. The first-order chi connectivity index (χ1) is 14.7. The fraction of sp³-hybridized carbons (Fsp3) is 0.158. The molecule has 0 saturated heterocycles. The number of benzene rings is 2. The number of ether oxygens (including phenoxy) is 1. The molecule has 0 radical (unpaired) electrons. The number of hydrogen-bond acceptors (Lipinski definition) is 7. The van der Waals surface area contributed by atoms with E-state index in [4.69, 9.17) is 4.84 Å². The number of carbonyl (C=O) groups excluding carboxylic acids is 1. The van der Waals surface area contributed by atoms with Crippen molar-refractivity contribution in [1.82, 2.24) is 9.45 Å². The van der Waals surface area contributed by atoms with Crippen molar-refractivity contribution in [2.75, 3.05) is 19.5 Å². The molecule has 0 bridgehead atoms. The third-order valence-electron chi connectivity index (χ3n) is 4.09. The number of halogens is 2. The Labute approximate surface area is 181 Å². The summed E-state index contributed by atoms with van der Waals surface area (Å²) in [5.41, 5.74) is 0.772. The predicted molar refractivity (Wildman–Crippen MR) is 111 cm³/mol. The molecule has 1 amide bonds. The molecule has 0 unspecified atom stereocenters. The molecule has 0 fully saturated rings. The molecule has 3 aromatic rings. The monoisotopic (exact) mass is 469 g/mol. The SMILES string of the molecule is CON(C)S(=O)(=O)c1cccc(C(=O)Nc2nc(-c3ccccc3OC(F)F)cs2)c1. The number of thiazole rings is 1. The summed E-state index contributed by atoms with van der Waals surface area (Å²) in [7, 11) is -1.48. The highest BCUT2D eigenvalue weighted by Crippen LogP contribution is 2.33. The van der Waals surface area contributed by atoms with E-state index in [-0.39, 0.29) is 21.3 Å². The maximum atomic E-state index is 12.6. The van der Waals surface area contributed by atoms with Crippen LogP contribution in [0.2, 0.25) is 0 Å². The molecule has 1 N–H and O–H groups in total. The summed E-state index contributed by atoms with van der Waals surface area (Å²) in [6.45, 7) is -2.99. The number of para-hydroxylation sites is 1. The molecule has 2 aromatic carbocycles. The van der Waals surface area contributed by atoms with Gasteiger partial charge < -0.3 is 4.74 Å². The van der Waals surface area contributed by atoms with Gasteiger partial charge in [0.15, 0.2) is 5.13 Å². The van der Waals surface area contributed by atoms with Crippen molar-refractivity contribution in [3.63, 3.8) is 0 Å². The highest BCUT2D eigenvalue weighted by molar-refractivity contribution is 7.89. The average Bonchev–Trinajstić information content (AvgIpc) is 3.21. The van der Waals surface area contributed by atoms with Gasteiger partial charge in [-0.1, -0.05) is 22.7 Å². The zero-order valence-corrected chi connectivity index (χ0v) is 17.9. The molecule has 1 aromatic heterocycles. The number of nitrogens with one attached hydrogen (secondary N) is 1. The molecule has 0 aliphatic heterocycles. The van der Waals surface area contributed by atoms with Crippen LogP contribution >= 0.6 is 11.3 Å². The van der Waals surface area contributed by atoms with Crippen LogP contribution in [0.1, 0.15) is 10.4 Å². The Morgan fingerprint density at radius 3 is 2.65 bits per heavy atom. The lowest BCUT2D eigenvalue weighted by Crippen LogP contribution is -2.26. The number of amides is 1. The Balaban J connectivity index is 1.81. The number of carbonyl (C=O) groups is 1. The number of rotatable bonds is 8. The molecule has 12 heteroatoms. The molecular formula is C19H17F2N3O5S2. The van der Waals surface area contributed by atoms with Crippen molar-refractivity contribution in [2.24, 2.45) is 0 Å². The van der Waals surface area contributed by atoms with Gasteiger partial charge in [0.2, 0.25) is 0 Å². The van der Waals surface area contributed by atoms with E-state index in [1.54, 1.807) is 23.6 Å². The van der Waals surface area contributed by atoms with Gasteiger partial charge in [0.05, 0.1) is 17.7 Å². The van der Waals surface area contributed by atoms with E-state index in [0.29, 0.717) is 15.7 Å². The zero-order valence-electron chi connectivity index (χ0n) is 16.3. The molecular weight excluding hydrogens is 452 g/mol. The maximum Gasteiger partial charge on any atom is 0.387 e. The third-order valence-corrected chi connectivity index (χ3v) is 6.53. The molecule has 3 rings (SSSR count). The average molecular weight is 469 g/mol. The lowest BCUT2D eigenvalue weighted by Gasteiger charge is -2.14. The topological polar surface area (TPSA) is 97.8 Å². The van der Waals surface area contributed by atoms with Crippen LogP contribution in [0.5, 0.6) is 5.75 Å². The van der Waals surface area contributed by atoms with Gasteiger partial charge in [-0.2, -0.15) is 8.78 Å². The summed E-state index contributed by atoms with van der Waals surface area (Å²) < 4.78 is 55.1. The van der Waals surface area contributed by atoms with E-state index in [1.165, 1.54) is 44.5 Å². The van der Waals surface area contributed by atoms with Crippen molar-refractivity contribution in [3.8, 4) is 17.0 Å². The smallest absolute Gasteiger partial charge is 0.387 e. The fourth-order valence-corrected chi connectivity index (χ4v) is 4.27. The van der Waals surface area contributed by atoms with Gasteiger partial charge in [-0.05, 0) is 30.3 Å². The Hall–Kier alpha value is -2.93. The summed E-state index contributed by atoms with van der Waals surface area (Å²) in [5, 5.41) is 4.35. The van der Waals surface area contributed by atoms with Gasteiger partial charge in [0.1, 0.15) is 5.75 Å². The number of hydroxylamine groups is 1. The normalized spacial score (nSPS) is 11.7. The standard InChI is InChI=1S/C19H17F2N3O5S2/c1-24(28-2)31(26,27)13-7-5-6-12(10-13)17(25)23-19-22-15(11-30-19)14-8-3-4-9-16(14)29-18(20)21/h3-11,18H,1-2H3,(H,22,23,25). The Kier molecular flexibility index (Phi) is 6.95. The summed E-state index contributed by atoms with van der Waals surface area (Å²) >= 11 is 1.08. The van der Waals surface area contributed by atoms with Gasteiger partial charge >= 0.3 is 6.61 Å². The molecule has 0 atom stereocenters. The Morgan fingerprint density at radius 1 is 1.19 bits per heavy atom. The Morgan fingerprint density at radius 2 is 1.94 bits per heavy atom. The molecule has 1 heterocycles. The molecule has 0 aliphatic rings. The van der Waals surface area contributed by atoms with Crippen molar-refractivity contribution >= 4 is 32.4 Å². The highest BCUT2D eigenvalue weighted by Gasteiger charge is 2.22. The minimum Gasteiger partial charge on any atom is -0.434 e. The van der Waals surface area contributed by atoms with Gasteiger partial charge in [-0.15, -0.1) is 11.3 Å². The first-order valence-corrected chi connectivity index (χ1v) is 11.0. The maximum absolute atomic E-state index is 12.6. The molecule has 31 heavy (non-hydrogen) atoms. The summed E-state index contributed by atoms with van der Waals surface area (Å²) in [6, 6.07) is 11.6. The minimum absolute atomic E-state index is 0.0409. The number of nitrogens with zero attached hydrogens (tertiary/aromatic N) is 2. The number of anilines is 1. The van der Waals surface area contributed by atoms with Crippen LogP contribution in [0.3, 0.4) is 0 Å².